The van der Waals surface area contributed by atoms with Crippen LogP contribution >= 0.6 is 0 Å². The minimum atomic E-state index is -0.783. The quantitative estimate of drug-likeness (QED) is 0.373. The van der Waals surface area contributed by atoms with Gasteiger partial charge in [0.25, 0.3) is 5.91 Å². The highest BCUT2D eigenvalue weighted by Crippen LogP contribution is 2.25. The third-order valence-corrected chi connectivity index (χ3v) is 7.09. The van der Waals surface area contributed by atoms with E-state index in [2.05, 4.69) is 5.32 Å². The highest BCUT2D eigenvalue weighted by atomic mass is 16.6. The summed E-state index contributed by atoms with van der Waals surface area (Å²) in [4.78, 5) is 56.4. The Morgan fingerprint density at radius 2 is 1.48 bits per heavy atom. The molecule has 2 amide bonds. The number of hydrogen-bond donors (Lipinski definition) is 1. The molecule has 4 rings (SSSR count). The molecule has 3 aromatic carbocycles. The average molecular weight is 570 g/mol. The molecule has 0 bridgehead atoms. The van der Waals surface area contributed by atoms with Crippen molar-refractivity contribution >= 4 is 23.6 Å². The molecule has 0 saturated heterocycles. The Bertz CT molecular complexity index is 1400. The average Bonchev–Trinajstić information content (AvgIpc) is 2.96. The van der Waals surface area contributed by atoms with Crippen molar-refractivity contribution in [1.82, 2.24) is 15.1 Å². The van der Waals surface area contributed by atoms with Gasteiger partial charge in [-0.1, -0.05) is 72.8 Å². The van der Waals surface area contributed by atoms with Crippen molar-refractivity contribution in [2.24, 2.45) is 0 Å². The van der Waals surface area contributed by atoms with Crippen LogP contribution in [0.2, 0.25) is 0 Å². The van der Waals surface area contributed by atoms with E-state index >= 15 is 0 Å². The van der Waals surface area contributed by atoms with Gasteiger partial charge in [-0.25, -0.2) is 4.79 Å². The summed E-state index contributed by atoms with van der Waals surface area (Å²) in [6.45, 7) is 5.56. The maximum atomic E-state index is 13.6. The zero-order chi connectivity index (χ0) is 30.3. The van der Waals surface area contributed by atoms with Gasteiger partial charge < -0.3 is 15.0 Å². The van der Waals surface area contributed by atoms with E-state index in [0.29, 0.717) is 18.4 Å². The number of ketones is 1. The summed E-state index contributed by atoms with van der Waals surface area (Å²) in [6, 6.07) is 24.5. The fraction of sp³-hybridized carbons (Fsp3) is 0.353. The van der Waals surface area contributed by atoms with E-state index in [-0.39, 0.29) is 37.2 Å². The lowest BCUT2D eigenvalue weighted by Gasteiger charge is -2.37. The van der Waals surface area contributed by atoms with Gasteiger partial charge in [0.1, 0.15) is 11.6 Å². The standard InChI is InChI=1S/C34H39N3O5/c1-34(2,3)42-33(41)29-20-26-17-11-12-18-27(26)21-37(29)31(39)23-36(4)22-30(38)28(19-24-13-7-5-8-14-24)35-32(40)25-15-9-6-10-16-25/h5-18,28-29H,19-23H2,1-4H3,(H,35,40)/t28?,29-/m0/s1. The van der Waals surface area contributed by atoms with Crippen LogP contribution < -0.4 is 5.32 Å². The van der Waals surface area contributed by atoms with Gasteiger partial charge in [-0.05, 0) is 63.1 Å². The van der Waals surface area contributed by atoms with Gasteiger partial charge in [-0.3, -0.25) is 19.3 Å². The van der Waals surface area contributed by atoms with E-state index in [1.54, 1.807) is 61.9 Å². The molecule has 0 fully saturated rings. The lowest BCUT2D eigenvalue weighted by molar-refractivity contribution is -0.166. The van der Waals surface area contributed by atoms with Crippen molar-refractivity contribution in [2.75, 3.05) is 20.1 Å². The highest BCUT2D eigenvalue weighted by Gasteiger charge is 2.37. The summed E-state index contributed by atoms with van der Waals surface area (Å²) in [7, 11) is 1.69. The summed E-state index contributed by atoms with van der Waals surface area (Å²) in [6.07, 6.45) is 0.688. The molecule has 42 heavy (non-hydrogen) atoms. The number of fused-ring (bicyclic) bond motifs is 1. The second kappa shape index (κ2) is 13.6. The number of nitrogens with one attached hydrogen (secondary N) is 1. The van der Waals surface area contributed by atoms with Crippen molar-refractivity contribution in [3.63, 3.8) is 0 Å². The number of ether oxygens (including phenoxy) is 1. The normalized spacial score (nSPS) is 15.5. The number of carbonyl (C=O) groups excluding carboxylic acids is 4. The lowest BCUT2D eigenvalue weighted by Crippen LogP contribution is -2.53. The van der Waals surface area contributed by atoms with Crippen LogP contribution in [0.3, 0.4) is 0 Å². The van der Waals surface area contributed by atoms with Crippen molar-refractivity contribution in [2.45, 2.75) is 57.8 Å². The number of carbonyl (C=O) groups is 4. The summed E-state index contributed by atoms with van der Waals surface area (Å²) in [5.41, 5.74) is 2.68. The van der Waals surface area contributed by atoms with Crippen LogP contribution in [0.1, 0.15) is 47.8 Å². The molecule has 2 atom stereocenters. The Morgan fingerprint density at radius 3 is 2.12 bits per heavy atom. The van der Waals surface area contributed by atoms with E-state index in [4.69, 9.17) is 4.74 Å². The van der Waals surface area contributed by atoms with Gasteiger partial charge in [0.15, 0.2) is 5.78 Å². The van der Waals surface area contributed by atoms with Crippen molar-refractivity contribution in [3.8, 4) is 0 Å². The molecule has 1 heterocycles. The smallest absolute Gasteiger partial charge is 0.329 e. The fourth-order valence-electron chi connectivity index (χ4n) is 5.05. The lowest BCUT2D eigenvalue weighted by atomic mass is 9.93. The Balaban J connectivity index is 1.46. The zero-order valence-electron chi connectivity index (χ0n) is 24.7. The third-order valence-electron chi connectivity index (χ3n) is 7.09. The molecule has 3 aromatic rings. The fourth-order valence-corrected chi connectivity index (χ4v) is 5.05. The molecule has 1 aliphatic rings. The summed E-state index contributed by atoms with van der Waals surface area (Å²) >= 11 is 0. The van der Waals surface area contributed by atoms with Crippen molar-refractivity contribution in [3.05, 3.63) is 107 Å². The van der Waals surface area contributed by atoms with Gasteiger partial charge in [0.05, 0.1) is 19.1 Å². The molecule has 1 N–H and O–H groups in total. The molecule has 0 spiro atoms. The maximum absolute atomic E-state index is 13.6. The van der Waals surface area contributed by atoms with Crippen LogP contribution in [0.4, 0.5) is 0 Å². The number of amides is 2. The van der Waals surface area contributed by atoms with E-state index in [1.165, 1.54) is 0 Å². The van der Waals surface area contributed by atoms with E-state index in [1.807, 2.05) is 60.7 Å². The SMILES string of the molecule is CN(CC(=O)C(Cc1ccccc1)NC(=O)c1ccccc1)CC(=O)N1Cc2ccccc2C[C@H]1C(=O)OC(C)(C)C. The van der Waals surface area contributed by atoms with Crippen LogP contribution in [0.25, 0.3) is 0 Å². The zero-order valence-corrected chi connectivity index (χ0v) is 24.7. The number of likely N-dealkylation sites (N-methyl/N-ethyl adjacent to an activating group) is 1. The van der Waals surface area contributed by atoms with Crippen LogP contribution in [-0.2, 0) is 38.5 Å². The summed E-state index contributed by atoms with van der Waals surface area (Å²) in [5, 5.41) is 2.89. The monoisotopic (exact) mass is 569 g/mol. The molecule has 8 nitrogen and oxygen atoms in total. The molecule has 1 unspecified atom stereocenters. The molecule has 8 heteroatoms. The van der Waals surface area contributed by atoms with E-state index < -0.39 is 23.7 Å². The molecule has 1 aliphatic heterocycles. The van der Waals surface area contributed by atoms with Crippen LogP contribution in [0.15, 0.2) is 84.9 Å². The van der Waals surface area contributed by atoms with Gasteiger partial charge in [-0.15, -0.1) is 0 Å². The predicted molar refractivity (Wildman–Crippen MR) is 161 cm³/mol. The first-order valence-electron chi connectivity index (χ1n) is 14.2. The largest absolute Gasteiger partial charge is 0.458 e. The van der Waals surface area contributed by atoms with Crippen molar-refractivity contribution < 1.29 is 23.9 Å². The highest BCUT2D eigenvalue weighted by molar-refractivity contribution is 5.98. The molecule has 220 valence electrons. The number of rotatable bonds is 10. The number of esters is 1. The minimum absolute atomic E-state index is 0.0557. The first kappa shape index (κ1) is 30.7. The Kier molecular flexibility index (Phi) is 9.91. The Morgan fingerprint density at radius 1 is 0.881 bits per heavy atom. The second-order valence-electron chi connectivity index (χ2n) is 11.8. The van der Waals surface area contributed by atoms with Crippen LogP contribution in [-0.4, -0.2) is 71.2 Å². The van der Waals surface area contributed by atoms with Crippen LogP contribution in [0, 0.1) is 0 Å². The Labute approximate surface area is 247 Å². The second-order valence-corrected chi connectivity index (χ2v) is 11.8. The number of nitrogens with zero attached hydrogens (tertiary/aromatic N) is 2. The number of benzene rings is 3. The van der Waals surface area contributed by atoms with Gasteiger partial charge in [-0.2, -0.15) is 0 Å². The minimum Gasteiger partial charge on any atom is -0.458 e. The maximum Gasteiger partial charge on any atom is 0.329 e. The van der Waals surface area contributed by atoms with Gasteiger partial charge >= 0.3 is 5.97 Å². The van der Waals surface area contributed by atoms with Crippen molar-refractivity contribution in [1.29, 1.82) is 0 Å². The summed E-state index contributed by atoms with van der Waals surface area (Å²) in [5.74, 6) is -1.28. The molecule has 0 aliphatic carbocycles. The van der Waals surface area contributed by atoms with Gasteiger partial charge in [0.2, 0.25) is 5.91 Å². The van der Waals surface area contributed by atoms with Crippen LogP contribution in [0.5, 0.6) is 0 Å². The number of Topliss-reactive ketones (excluding diaryl/α,β-unsaturated/α-hetero) is 1. The Hall–Kier alpha value is -4.30. The predicted octanol–water partition coefficient (Wildman–Crippen LogP) is 3.82. The van der Waals surface area contributed by atoms with Gasteiger partial charge in [0, 0.05) is 18.5 Å². The van der Waals surface area contributed by atoms with E-state index in [9.17, 15) is 19.2 Å². The third kappa shape index (κ3) is 8.36. The number of hydrogen-bond acceptors (Lipinski definition) is 6. The first-order valence-corrected chi connectivity index (χ1v) is 14.2. The molecule has 0 radical (unpaired) electrons. The molecular weight excluding hydrogens is 530 g/mol. The van der Waals surface area contributed by atoms with E-state index in [0.717, 1.165) is 16.7 Å². The molecule has 0 aromatic heterocycles. The summed E-state index contributed by atoms with van der Waals surface area (Å²) < 4.78 is 5.66. The topological polar surface area (TPSA) is 96.0 Å². The molecule has 0 saturated carbocycles. The molecular formula is C34H39N3O5. The first-order chi connectivity index (χ1) is 20.0.